The molecular weight excluding hydrogens is 156 g/mol. The van der Waals surface area contributed by atoms with Gasteiger partial charge in [-0.2, -0.15) is 0 Å². The number of benzene rings is 1. The van der Waals surface area contributed by atoms with Crippen molar-refractivity contribution in [3.63, 3.8) is 0 Å². The van der Waals surface area contributed by atoms with Crippen molar-refractivity contribution in [2.24, 2.45) is 0 Å². The van der Waals surface area contributed by atoms with Crippen LogP contribution in [0.4, 0.5) is 0 Å². The van der Waals surface area contributed by atoms with Crippen molar-refractivity contribution in [1.82, 2.24) is 9.97 Å². The molecule has 0 saturated carbocycles. The molecule has 4 heteroatoms. The van der Waals surface area contributed by atoms with Crippen molar-refractivity contribution >= 4 is 10.9 Å². The highest BCUT2D eigenvalue weighted by Crippen LogP contribution is 2.13. The average Bonchev–Trinajstić information content (AvgIpc) is 2.04. The van der Waals surface area contributed by atoms with Crippen LogP contribution >= 0.6 is 0 Å². The lowest BCUT2D eigenvalue weighted by atomic mass is 10.2. The van der Waals surface area contributed by atoms with Crippen molar-refractivity contribution < 1.29 is 5.11 Å². The molecular formula is C8H6N2O2. The van der Waals surface area contributed by atoms with Crippen molar-refractivity contribution in [3.05, 3.63) is 34.9 Å². The summed E-state index contributed by atoms with van der Waals surface area (Å²) in [5.41, 5.74) is 0.304. The minimum atomic E-state index is -0.194. The number of phenolic OH excluding ortho intramolecular Hbond substituents is 1. The summed E-state index contributed by atoms with van der Waals surface area (Å²) in [5, 5.41) is 9.55. The highest BCUT2D eigenvalue weighted by molar-refractivity contribution is 5.78. The number of nitrogens with one attached hydrogen (secondary N) is 1. The van der Waals surface area contributed by atoms with Crippen LogP contribution in [-0.4, -0.2) is 15.1 Å². The van der Waals surface area contributed by atoms with Gasteiger partial charge in [-0.3, -0.25) is 4.79 Å². The van der Waals surface area contributed by atoms with Gasteiger partial charge in [0.25, 0.3) is 5.56 Å². The van der Waals surface area contributed by atoms with E-state index < -0.39 is 0 Å². The van der Waals surface area contributed by atoms with Gasteiger partial charge in [-0.1, -0.05) is 0 Å². The minimum Gasteiger partial charge on any atom is -0.508 e. The molecule has 2 N–H and O–H groups in total. The molecule has 0 atom stereocenters. The van der Waals surface area contributed by atoms with Crippen LogP contribution in [0.1, 0.15) is 0 Å². The monoisotopic (exact) mass is 162 g/mol. The molecule has 0 radical (unpaired) electrons. The van der Waals surface area contributed by atoms with E-state index >= 15 is 0 Å². The van der Waals surface area contributed by atoms with E-state index in [0.717, 1.165) is 0 Å². The lowest BCUT2D eigenvalue weighted by Gasteiger charge is -1.94. The van der Waals surface area contributed by atoms with Crippen LogP contribution in [0.2, 0.25) is 0 Å². The summed E-state index contributed by atoms with van der Waals surface area (Å²) in [6.07, 6.45) is 1.31. The standard InChI is InChI=1S/C8H6N2O2/c11-5-1-2-6-7(3-5)9-4-10-8(6)12/h1-4,11H,(H,9,10,12). The predicted molar refractivity (Wildman–Crippen MR) is 44.0 cm³/mol. The third-order valence-electron chi connectivity index (χ3n) is 1.63. The van der Waals surface area contributed by atoms with E-state index in [1.54, 1.807) is 0 Å². The van der Waals surface area contributed by atoms with Crippen LogP contribution in [0.5, 0.6) is 5.75 Å². The van der Waals surface area contributed by atoms with Gasteiger partial charge in [0.05, 0.1) is 17.2 Å². The Labute approximate surface area is 67.5 Å². The summed E-state index contributed by atoms with van der Waals surface area (Å²) in [4.78, 5) is 17.4. The van der Waals surface area contributed by atoms with Crippen LogP contribution in [0.3, 0.4) is 0 Å². The Kier molecular flexibility index (Phi) is 1.33. The molecule has 0 aliphatic heterocycles. The third kappa shape index (κ3) is 0.934. The summed E-state index contributed by atoms with van der Waals surface area (Å²) >= 11 is 0. The summed E-state index contributed by atoms with van der Waals surface area (Å²) in [7, 11) is 0. The molecule has 12 heavy (non-hydrogen) atoms. The highest BCUT2D eigenvalue weighted by Gasteiger charge is 1.98. The predicted octanol–water partition coefficient (Wildman–Crippen LogP) is 0.629. The second-order valence-electron chi connectivity index (χ2n) is 2.43. The maximum absolute atomic E-state index is 11.1. The second-order valence-corrected chi connectivity index (χ2v) is 2.43. The van der Waals surface area contributed by atoms with Crippen molar-refractivity contribution in [2.75, 3.05) is 0 Å². The topological polar surface area (TPSA) is 66.0 Å². The van der Waals surface area contributed by atoms with E-state index in [9.17, 15) is 4.79 Å². The fourth-order valence-corrected chi connectivity index (χ4v) is 1.06. The van der Waals surface area contributed by atoms with Gasteiger partial charge in [-0.05, 0) is 12.1 Å². The molecule has 0 aliphatic carbocycles. The van der Waals surface area contributed by atoms with E-state index in [4.69, 9.17) is 5.11 Å². The van der Waals surface area contributed by atoms with Crippen molar-refractivity contribution in [1.29, 1.82) is 0 Å². The molecule has 4 nitrogen and oxygen atoms in total. The molecule has 60 valence electrons. The summed E-state index contributed by atoms with van der Waals surface area (Å²) in [6, 6.07) is 4.44. The number of rotatable bonds is 0. The van der Waals surface area contributed by atoms with E-state index in [0.29, 0.717) is 10.9 Å². The highest BCUT2D eigenvalue weighted by atomic mass is 16.3. The molecule has 2 aromatic rings. The van der Waals surface area contributed by atoms with Gasteiger partial charge in [0, 0.05) is 6.07 Å². The zero-order chi connectivity index (χ0) is 8.55. The number of fused-ring (bicyclic) bond motifs is 1. The molecule has 1 heterocycles. The molecule has 0 bridgehead atoms. The maximum atomic E-state index is 11.1. The Morgan fingerprint density at radius 3 is 3.08 bits per heavy atom. The molecule has 1 aromatic heterocycles. The van der Waals surface area contributed by atoms with Gasteiger partial charge in [-0.25, -0.2) is 4.98 Å². The van der Waals surface area contributed by atoms with Crippen LogP contribution in [-0.2, 0) is 0 Å². The fraction of sp³-hybridized carbons (Fsp3) is 0. The Hall–Kier alpha value is -1.84. The van der Waals surface area contributed by atoms with Crippen LogP contribution in [0, 0.1) is 0 Å². The maximum Gasteiger partial charge on any atom is 0.258 e. The van der Waals surface area contributed by atoms with Gasteiger partial charge in [0.15, 0.2) is 0 Å². The fourth-order valence-electron chi connectivity index (χ4n) is 1.06. The molecule has 0 saturated heterocycles. The number of aromatic hydroxyl groups is 1. The van der Waals surface area contributed by atoms with Crippen LogP contribution < -0.4 is 5.56 Å². The Balaban J connectivity index is 2.96. The van der Waals surface area contributed by atoms with Gasteiger partial charge in [0.1, 0.15) is 5.75 Å². The van der Waals surface area contributed by atoms with E-state index in [2.05, 4.69) is 9.97 Å². The van der Waals surface area contributed by atoms with Gasteiger partial charge in [-0.15, -0.1) is 0 Å². The summed E-state index contributed by atoms with van der Waals surface area (Å²) in [6.45, 7) is 0. The lowest BCUT2D eigenvalue weighted by molar-refractivity contribution is 0.476. The zero-order valence-electron chi connectivity index (χ0n) is 6.11. The first-order valence-corrected chi connectivity index (χ1v) is 3.44. The van der Waals surface area contributed by atoms with Crippen molar-refractivity contribution in [2.45, 2.75) is 0 Å². The Bertz CT molecular complexity index is 476. The van der Waals surface area contributed by atoms with Crippen molar-refractivity contribution in [3.8, 4) is 5.75 Å². The number of nitrogens with zero attached hydrogens (tertiary/aromatic N) is 1. The number of hydrogen-bond donors (Lipinski definition) is 2. The number of phenols is 1. The molecule has 1 aromatic carbocycles. The molecule has 0 unspecified atom stereocenters. The van der Waals surface area contributed by atoms with Crippen LogP contribution in [0.25, 0.3) is 10.9 Å². The molecule has 0 aliphatic rings. The molecule has 0 fully saturated rings. The van der Waals surface area contributed by atoms with Gasteiger partial charge >= 0.3 is 0 Å². The number of aromatic nitrogens is 2. The summed E-state index contributed by atoms with van der Waals surface area (Å²) < 4.78 is 0. The normalized spacial score (nSPS) is 10.3. The van der Waals surface area contributed by atoms with E-state index in [1.807, 2.05) is 0 Å². The van der Waals surface area contributed by atoms with Crippen LogP contribution in [0.15, 0.2) is 29.3 Å². The smallest absolute Gasteiger partial charge is 0.258 e. The SMILES string of the molecule is O=c1[nH]cnc2cc(O)ccc12. The number of aromatic amines is 1. The number of H-pyrrole nitrogens is 1. The molecule has 0 spiro atoms. The average molecular weight is 162 g/mol. The molecule has 2 rings (SSSR count). The Morgan fingerprint density at radius 2 is 2.25 bits per heavy atom. The van der Waals surface area contributed by atoms with Gasteiger partial charge in [0.2, 0.25) is 0 Å². The Morgan fingerprint density at radius 1 is 1.42 bits per heavy atom. The first-order valence-electron chi connectivity index (χ1n) is 3.44. The largest absolute Gasteiger partial charge is 0.508 e. The summed E-state index contributed by atoms with van der Waals surface area (Å²) in [5.74, 6) is 0.112. The number of hydrogen-bond acceptors (Lipinski definition) is 3. The second kappa shape index (κ2) is 2.34. The lowest BCUT2D eigenvalue weighted by Crippen LogP contribution is -2.05. The van der Waals surface area contributed by atoms with E-state index in [1.165, 1.54) is 24.5 Å². The van der Waals surface area contributed by atoms with E-state index in [-0.39, 0.29) is 11.3 Å². The zero-order valence-corrected chi connectivity index (χ0v) is 6.11. The first kappa shape index (κ1) is 6.84. The van der Waals surface area contributed by atoms with Gasteiger partial charge < -0.3 is 10.1 Å². The third-order valence-corrected chi connectivity index (χ3v) is 1.63. The minimum absolute atomic E-state index is 0.112. The first-order chi connectivity index (χ1) is 5.77. The molecule has 0 amide bonds. The quantitative estimate of drug-likeness (QED) is 0.597.